The number of Topliss-reactive ketones (excluding diaryl/α,β-unsaturated/α-hetero) is 1. The van der Waals surface area contributed by atoms with E-state index in [9.17, 15) is 9.59 Å². The van der Waals surface area contributed by atoms with Gasteiger partial charge in [0.25, 0.3) is 0 Å². The second-order valence-corrected chi connectivity index (χ2v) is 3.55. The maximum Gasteiger partial charge on any atom is 0.209 e. The summed E-state index contributed by atoms with van der Waals surface area (Å²) < 4.78 is 0. The molecule has 2 aromatic rings. The number of carbonyl (C=O) groups is 2. The van der Waals surface area contributed by atoms with Crippen LogP contribution in [-0.2, 0) is 0 Å². The minimum Gasteiger partial charge on any atom is -0.358 e. The number of aromatic amines is 1. The van der Waals surface area contributed by atoms with E-state index in [0.717, 1.165) is 0 Å². The van der Waals surface area contributed by atoms with E-state index in [-0.39, 0.29) is 11.6 Å². The molecule has 3 nitrogen and oxygen atoms in total. The van der Waals surface area contributed by atoms with E-state index in [2.05, 4.69) is 4.98 Å². The molecule has 1 aromatic heterocycles. The lowest BCUT2D eigenvalue weighted by molar-refractivity contribution is 0.101. The van der Waals surface area contributed by atoms with Crippen LogP contribution >= 0.6 is 0 Å². The predicted octanol–water partition coefficient (Wildman–Crippen LogP) is 2.45. The summed E-state index contributed by atoms with van der Waals surface area (Å²) >= 11 is 0. The molecule has 1 N–H and O–H groups in total. The van der Waals surface area contributed by atoms with Crippen molar-refractivity contribution in [2.24, 2.45) is 0 Å². The molecular weight excluding hydrogens is 202 g/mol. The Morgan fingerprint density at radius 1 is 1.06 bits per heavy atom. The van der Waals surface area contributed by atoms with Crippen LogP contribution < -0.4 is 0 Å². The third kappa shape index (κ3) is 1.93. The van der Waals surface area contributed by atoms with Gasteiger partial charge in [0.05, 0.1) is 5.69 Å². The average Bonchev–Trinajstić information content (AvgIpc) is 2.78. The average molecular weight is 213 g/mol. The molecule has 2 rings (SSSR count). The van der Waals surface area contributed by atoms with Crippen molar-refractivity contribution in [3.63, 3.8) is 0 Å². The lowest BCUT2D eigenvalue weighted by Gasteiger charge is -1.96. The van der Waals surface area contributed by atoms with E-state index < -0.39 is 0 Å². The topological polar surface area (TPSA) is 49.9 Å². The molecule has 80 valence electrons. The fourth-order valence-corrected chi connectivity index (χ4v) is 1.47. The van der Waals surface area contributed by atoms with Gasteiger partial charge in [0, 0.05) is 17.3 Å². The van der Waals surface area contributed by atoms with Gasteiger partial charge in [0.15, 0.2) is 5.78 Å². The van der Waals surface area contributed by atoms with Gasteiger partial charge in [-0.05, 0) is 13.0 Å². The van der Waals surface area contributed by atoms with Crippen LogP contribution in [0, 0.1) is 0 Å². The van der Waals surface area contributed by atoms with Gasteiger partial charge < -0.3 is 4.98 Å². The highest BCUT2D eigenvalue weighted by molar-refractivity contribution is 6.09. The fraction of sp³-hybridized carbons (Fsp3) is 0.0769. The van der Waals surface area contributed by atoms with Crippen molar-refractivity contribution in [2.75, 3.05) is 0 Å². The standard InChI is InChI=1S/C13H11NO2/c1-9(15)11-7-12(14-8-11)13(16)10-5-3-2-4-6-10/h2-8,14H,1H3. The van der Waals surface area contributed by atoms with Gasteiger partial charge >= 0.3 is 0 Å². The molecule has 0 aliphatic carbocycles. The summed E-state index contributed by atoms with van der Waals surface area (Å²) in [7, 11) is 0. The zero-order valence-corrected chi connectivity index (χ0v) is 8.86. The van der Waals surface area contributed by atoms with E-state index in [1.165, 1.54) is 6.92 Å². The van der Waals surface area contributed by atoms with E-state index in [1.807, 2.05) is 18.2 Å². The Kier molecular flexibility index (Phi) is 2.68. The van der Waals surface area contributed by atoms with Gasteiger partial charge in [-0.1, -0.05) is 30.3 Å². The molecule has 1 heterocycles. The predicted molar refractivity (Wildman–Crippen MR) is 60.7 cm³/mol. The second kappa shape index (κ2) is 4.14. The molecule has 0 saturated carbocycles. The van der Waals surface area contributed by atoms with Crippen LogP contribution in [0.3, 0.4) is 0 Å². The summed E-state index contributed by atoms with van der Waals surface area (Å²) in [4.78, 5) is 25.8. The normalized spacial score (nSPS) is 10.1. The number of carbonyl (C=O) groups excluding carboxylic acids is 2. The maximum atomic E-state index is 11.9. The maximum absolute atomic E-state index is 11.9. The van der Waals surface area contributed by atoms with Crippen molar-refractivity contribution in [1.82, 2.24) is 4.98 Å². The van der Waals surface area contributed by atoms with E-state index in [4.69, 9.17) is 0 Å². The molecule has 16 heavy (non-hydrogen) atoms. The molecule has 1 aromatic carbocycles. The molecule has 0 fully saturated rings. The molecule has 0 spiro atoms. The third-order valence-electron chi connectivity index (χ3n) is 2.37. The van der Waals surface area contributed by atoms with Crippen molar-refractivity contribution < 1.29 is 9.59 Å². The molecule has 0 aliphatic rings. The van der Waals surface area contributed by atoms with Gasteiger partial charge in [-0.3, -0.25) is 9.59 Å². The van der Waals surface area contributed by atoms with Crippen LogP contribution in [0.1, 0.15) is 33.3 Å². The van der Waals surface area contributed by atoms with Gasteiger partial charge in [-0.15, -0.1) is 0 Å². The lowest BCUT2D eigenvalue weighted by Crippen LogP contribution is -2.00. The van der Waals surface area contributed by atoms with Crippen molar-refractivity contribution in [3.8, 4) is 0 Å². The SMILES string of the molecule is CC(=O)c1c[nH]c(C(=O)c2ccccc2)c1. The van der Waals surface area contributed by atoms with Crippen molar-refractivity contribution in [3.05, 3.63) is 59.4 Å². The molecule has 0 amide bonds. The second-order valence-electron chi connectivity index (χ2n) is 3.55. The highest BCUT2D eigenvalue weighted by atomic mass is 16.1. The van der Waals surface area contributed by atoms with Crippen LogP contribution in [0.25, 0.3) is 0 Å². The third-order valence-corrected chi connectivity index (χ3v) is 2.37. The summed E-state index contributed by atoms with van der Waals surface area (Å²) in [6.45, 7) is 1.47. The molecule has 0 bridgehead atoms. The first-order chi connectivity index (χ1) is 7.68. The quantitative estimate of drug-likeness (QED) is 0.796. The van der Waals surface area contributed by atoms with E-state index in [0.29, 0.717) is 16.8 Å². The van der Waals surface area contributed by atoms with Gasteiger partial charge in [0.2, 0.25) is 5.78 Å². The molecule has 0 atom stereocenters. The number of H-pyrrole nitrogens is 1. The van der Waals surface area contributed by atoms with Crippen molar-refractivity contribution in [2.45, 2.75) is 6.92 Å². The molecule has 0 aliphatic heterocycles. The Bertz CT molecular complexity index is 526. The molecule has 0 saturated heterocycles. The minimum atomic E-state index is -0.104. The Labute approximate surface area is 93.1 Å². The molecule has 3 heteroatoms. The Hall–Kier alpha value is -2.16. The minimum absolute atomic E-state index is 0.0524. The summed E-state index contributed by atoms with van der Waals surface area (Å²) in [5, 5.41) is 0. The molecule has 0 radical (unpaired) electrons. The zero-order chi connectivity index (χ0) is 11.5. The van der Waals surface area contributed by atoms with Crippen molar-refractivity contribution in [1.29, 1.82) is 0 Å². The zero-order valence-electron chi connectivity index (χ0n) is 8.86. The Morgan fingerprint density at radius 2 is 1.75 bits per heavy atom. The number of nitrogens with one attached hydrogen (secondary N) is 1. The highest BCUT2D eigenvalue weighted by Gasteiger charge is 2.12. The number of ketones is 2. The number of hydrogen-bond acceptors (Lipinski definition) is 2. The number of rotatable bonds is 3. The van der Waals surface area contributed by atoms with Gasteiger partial charge in [0.1, 0.15) is 0 Å². The van der Waals surface area contributed by atoms with Gasteiger partial charge in [-0.2, -0.15) is 0 Å². The molecule has 0 unspecified atom stereocenters. The van der Waals surface area contributed by atoms with E-state index in [1.54, 1.807) is 24.4 Å². The van der Waals surface area contributed by atoms with Crippen molar-refractivity contribution >= 4 is 11.6 Å². The monoisotopic (exact) mass is 213 g/mol. The Morgan fingerprint density at radius 3 is 2.31 bits per heavy atom. The van der Waals surface area contributed by atoms with Crippen LogP contribution in [0.15, 0.2) is 42.6 Å². The van der Waals surface area contributed by atoms with E-state index >= 15 is 0 Å². The molecular formula is C13H11NO2. The first-order valence-corrected chi connectivity index (χ1v) is 4.97. The largest absolute Gasteiger partial charge is 0.358 e. The first kappa shape index (κ1) is 10.4. The van der Waals surface area contributed by atoms with Crippen LogP contribution in [0.4, 0.5) is 0 Å². The first-order valence-electron chi connectivity index (χ1n) is 4.97. The van der Waals surface area contributed by atoms with Crippen LogP contribution in [0.5, 0.6) is 0 Å². The van der Waals surface area contributed by atoms with Crippen LogP contribution in [0.2, 0.25) is 0 Å². The lowest BCUT2D eigenvalue weighted by atomic mass is 10.1. The number of hydrogen-bond donors (Lipinski definition) is 1. The van der Waals surface area contributed by atoms with Gasteiger partial charge in [-0.25, -0.2) is 0 Å². The highest BCUT2D eigenvalue weighted by Crippen LogP contribution is 2.10. The summed E-state index contributed by atoms with van der Waals surface area (Å²) in [6.07, 6.45) is 1.55. The number of benzene rings is 1. The number of aromatic nitrogens is 1. The smallest absolute Gasteiger partial charge is 0.209 e. The van der Waals surface area contributed by atoms with Crippen LogP contribution in [-0.4, -0.2) is 16.6 Å². The Balaban J connectivity index is 2.31. The summed E-state index contributed by atoms with van der Waals surface area (Å²) in [6, 6.07) is 10.5. The fourth-order valence-electron chi connectivity index (χ4n) is 1.47. The summed E-state index contributed by atoms with van der Waals surface area (Å²) in [5.41, 5.74) is 1.58. The summed E-state index contributed by atoms with van der Waals surface area (Å²) in [5.74, 6) is -0.156.